The third-order valence-electron chi connectivity index (χ3n) is 2.94. The Balaban J connectivity index is 2.64. The first-order chi connectivity index (χ1) is 8.30. The van der Waals surface area contributed by atoms with Crippen LogP contribution in [0.3, 0.4) is 0 Å². The van der Waals surface area contributed by atoms with Crippen LogP contribution in [0, 0.1) is 6.92 Å². The maximum atomic E-state index is 12.2. The lowest BCUT2D eigenvalue weighted by Crippen LogP contribution is -2.17. The lowest BCUT2D eigenvalue weighted by Gasteiger charge is -2.16. The molecule has 0 amide bonds. The summed E-state index contributed by atoms with van der Waals surface area (Å²) in [4.78, 5) is 12.2. The summed E-state index contributed by atoms with van der Waals surface area (Å²) < 4.78 is 1.50. The molecule has 0 aliphatic rings. The van der Waals surface area contributed by atoms with Crippen LogP contribution in [-0.4, -0.2) is 9.78 Å². The van der Waals surface area contributed by atoms with E-state index in [9.17, 15) is 4.79 Å². The van der Waals surface area contributed by atoms with Crippen LogP contribution >= 0.6 is 0 Å². The van der Waals surface area contributed by atoms with Gasteiger partial charge < -0.3 is 5.73 Å². The van der Waals surface area contributed by atoms with E-state index in [1.165, 1.54) is 4.68 Å². The molecule has 2 rings (SSSR count). The standard InChI is InChI=1S/C14H19N3O/c1-9-6-5-7-10(8-9)17-13(18)11(15)12(16-17)14(2,3)4/h5-8,16H,15H2,1-4H3. The molecule has 1 heterocycles. The van der Waals surface area contributed by atoms with E-state index >= 15 is 0 Å². The van der Waals surface area contributed by atoms with E-state index in [4.69, 9.17) is 5.73 Å². The van der Waals surface area contributed by atoms with Gasteiger partial charge in [0, 0.05) is 5.41 Å². The van der Waals surface area contributed by atoms with E-state index in [0.717, 1.165) is 16.9 Å². The number of nitrogens with one attached hydrogen (secondary N) is 1. The number of aromatic nitrogens is 2. The van der Waals surface area contributed by atoms with E-state index in [2.05, 4.69) is 5.10 Å². The molecule has 18 heavy (non-hydrogen) atoms. The van der Waals surface area contributed by atoms with Gasteiger partial charge in [0.05, 0.1) is 11.4 Å². The maximum absolute atomic E-state index is 12.2. The summed E-state index contributed by atoms with van der Waals surface area (Å²) in [6, 6.07) is 7.75. The first-order valence-corrected chi connectivity index (χ1v) is 5.98. The van der Waals surface area contributed by atoms with Crippen LogP contribution in [0.1, 0.15) is 32.0 Å². The van der Waals surface area contributed by atoms with Gasteiger partial charge in [0.25, 0.3) is 5.56 Å². The molecule has 0 fully saturated rings. The highest BCUT2D eigenvalue weighted by Crippen LogP contribution is 2.24. The Kier molecular flexibility index (Phi) is 2.81. The quantitative estimate of drug-likeness (QED) is 0.810. The van der Waals surface area contributed by atoms with Crippen molar-refractivity contribution in [2.24, 2.45) is 0 Å². The Hall–Kier alpha value is -1.97. The zero-order valence-electron chi connectivity index (χ0n) is 11.2. The highest BCUT2D eigenvalue weighted by molar-refractivity contribution is 5.47. The summed E-state index contributed by atoms with van der Waals surface area (Å²) in [5.41, 5.74) is 8.51. The molecule has 0 atom stereocenters. The number of aromatic amines is 1. The summed E-state index contributed by atoms with van der Waals surface area (Å²) in [6.45, 7) is 8.06. The minimum atomic E-state index is -0.189. The average molecular weight is 245 g/mol. The minimum absolute atomic E-state index is 0.182. The number of nitrogens with zero attached hydrogens (tertiary/aromatic N) is 1. The zero-order chi connectivity index (χ0) is 13.5. The molecule has 0 saturated carbocycles. The predicted octanol–water partition coefficient (Wildman–Crippen LogP) is 2.35. The number of hydrogen-bond acceptors (Lipinski definition) is 2. The van der Waals surface area contributed by atoms with Crippen LogP contribution < -0.4 is 11.3 Å². The Morgan fingerprint density at radius 1 is 1.28 bits per heavy atom. The fraction of sp³-hybridized carbons (Fsp3) is 0.357. The monoisotopic (exact) mass is 245 g/mol. The fourth-order valence-corrected chi connectivity index (χ4v) is 1.97. The predicted molar refractivity (Wildman–Crippen MR) is 74.2 cm³/mol. The molecular weight excluding hydrogens is 226 g/mol. The van der Waals surface area contributed by atoms with E-state index in [0.29, 0.717) is 5.69 Å². The topological polar surface area (TPSA) is 63.8 Å². The van der Waals surface area contributed by atoms with Gasteiger partial charge in [0.15, 0.2) is 0 Å². The van der Waals surface area contributed by atoms with E-state index < -0.39 is 0 Å². The van der Waals surface area contributed by atoms with Crippen molar-refractivity contribution in [3.8, 4) is 5.69 Å². The lowest BCUT2D eigenvalue weighted by atomic mass is 9.91. The van der Waals surface area contributed by atoms with Crippen LogP contribution in [0.5, 0.6) is 0 Å². The van der Waals surface area contributed by atoms with Gasteiger partial charge >= 0.3 is 0 Å². The van der Waals surface area contributed by atoms with Gasteiger partial charge in [0.1, 0.15) is 5.69 Å². The van der Waals surface area contributed by atoms with Crippen molar-refractivity contribution in [1.29, 1.82) is 0 Å². The highest BCUT2D eigenvalue weighted by atomic mass is 16.1. The van der Waals surface area contributed by atoms with Crippen LogP contribution in [0.15, 0.2) is 29.1 Å². The van der Waals surface area contributed by atoms with Gasteiger partial charge in [-0.15, -0.1) is 0 Å². The zero-order valence-corrected chi connectivity index (χ0v) is 11.2. The maximum Gasteiger partial charge on any atom is 0.294 e. The SMILES string of the molecule is Cc1cccc(-n2[nH]c(C(C)(C)C)c(N)c2=O)c1. The van der Waals surface area contributed by atoms with E-state index in [-0.39, 0.29) is 11.0 Å². The first kappa shape index (κ1) is 12.5. The minimum Gasteiger partial charge on any atom is -0.393 e. The number of rotatable bonds is 1. The van der Waals surface area contributed by atoms with Crippen LogP contribution in [-0.2, 0) is 5.41 Å². The second-order valence-corrected chi connectivity index (χ2v) is 5.63. The molecule has 0 aliphatic carbocycles. The molecule has 0 unspecified atom stereocenters. The summed E-state index contributed by atoms with van der Waals surface area (Å²) in [5.74, 6) is 0. The highest BCUT2D eigenvalue weighted by Gasteiger charge is 2.23. The van der Waals surface area contributed by atoms with Crippen molar-refractivity contribution in [3.05, 3.63) is 45.9 Å². The number of H-pyrrole nitrogens is 1. The second-order valence-electron chi connectivity index (χ2n) is 5.63. The Morgan fingerprint density at radius 2 is 1.94 bits per heavy atom. The molecule has 0 spiro atoms. The van der Waals surface area contributed by atoms with Crippen molar-refractivity contribution < 1.29 is 0 Å². The van der Waals surface area contributed by atoms with Gasteiger partial charge in [-0.2, -0.15) is 0 Å². The fourth-order valence-electron chi connectivity index (χ4n) is 1.97. The van der Waals surface area contributed by atoms with Crippen molar-refractivity contribution >= 4 is 5.69 Å². The molecule has 0 bridgehead atoms. The molecule has 4 heteroatoms. The molecule has 96 valence electrons. The Morgan fingerprint density at radius 3 is 2.44 bits per heavy atom. The summed E-state index contributed by atoms with van der Waals surface area (Å²) in [6.07, 6.45) is 0. The van der Waals surface area contributed by atoms with E-state index in [1.54, 1.807) is 0 Å². The second kappa shape index (κ2) is 4.05. The molecule has 0 radical (unpaired) electrons. The molecule has 2 aromatic rings. The van der Waals surface area contributed by atoms with Gasteiger partial charge in [-0.3, -0.25) is 9.89 Å². The van der Waals surface area contributed by atoms with Crippen LogP contribution in [0.25, 0.3) is 5.69 Å². The number of anilines is 1. The molecule has 1 aromatic carbocycles. The van der Waals surface area contributed by atoms with Crippen molar-refractivity contribution in [3.63, 3.8) is 0 Å². The van der Waals surface area contributed by atoms with Gasteiger partial charge in [0.2, 0.25) is 0 Å². The van der Waals surface area contributed by atoms with Crippen LogP contribution in [0.4, 0.5) is 5.69 Å². The van der Waals surface area contributed by atoms with Crippen molar-refractivity contribution in [1.82, 2.24) is 9.78 Å². The number of nitrogens with two attached hydrogens (primary N) is 1. The number of hydrogen-bond donors (Lipinski definition) is 2. The molecular formula is C14H19N3O. The summed E-state index contributed by atoms with van der Waals surface area (Å²) in [5, 5.41) is 3.11. The van der Waals surface area contributed by atoms with Gasteiger partial charge in [-0.1, -0.05) is 32.9 Å². The third kappa shape index (κ3) is 2.06. The number of aryl methyl sites for hydroxylation is 1. The van der Waals surface area contributed by atoms with E-state index in [1.807, 2.05) is 52.0 Å². The largest absolute Gasteiger partial charge is 0.393 e. The third-order valence-corrected chi connectivity index (χ3v) is 2.94. The first-order valence-electron chi connectivity index (χ1n) is 5.98. The van der Waals surface area contributed by atoms with Gasteiger partial charge in [-0.05, 0) is 24.6 Å². The van der Waals surface area contributed by atoms with Crippen molar-refractivity contribution in [2.75, 3.05) is 5.73 Å². The van der Waals surface area contributed by atoms with Crippen molar-refractivity contribution in [2.45, 2.75) is 33.1 Å². The molecule has 3 N–H and O–H groups in total. The smallest absolute Gasteiger partial charge is 0.294 e. The van der Waals surface area contributed by atoms with Crippen LogP contribution in [0.2, 0.25) is 0 Å². The average Bonchev–Trinajstić information content (AvgIpc) is 2.55. The molecule has 1 aromatic heterocycles. The molecule has 0 saturated heterocycles. The number of nitrogen functional groups attached to an aromatic ring is 1. The molecule has 0 aliphatic heterocycles. The Labute approximate surface area is 106 Å². The van der Waals surface area contributed by atoms with Gasteiger partial charge in [-0.25, -0.2) is 4.68 Å². The normalized spacial score (nSPS) is 11.8. The molecule has 4 nitrogen and oxygen atoms in total. The summed E-state index contributed by atoms with van der Waals surface area (Å²) >= 11 is 0. The summed E-state index contributed by atoms with van der Waals surface area (Å²) in [7, 11) is 0. The lowest BCUT2D eigenvalue weighted by molar-refractivity contribution is 0.562. The Bertz CT molecular complexity index is 629. The number of benzene rings is 1.